The number of halogens is 1. The molecule has 8 heteroatoms. The molecule has 31 heavy (non-hydrogen) atoms. The smallest absolute Gasteiger partial charge is 0.256 e. The molecule has 0 atom stereocenters. The van der Waals surface area contributed by atoms with Crippen LogP contribution in [0.15, 0.2) is 41.6 Å². The van der Waals surface area contributed by atoms with Crippen molar-refractivity contribution in [1.82, 2.24) is 24.1 Å². The van der Waals surface area contributed by atoms with Crippen LogP contribution in [0.5, 0.6) is 0 Å². The second-order valence-electron chi connectivity index (χ2n) is 7.68. The molecular formula is C23H24FN5OS. The summed E-state index contributed by atoms with van der Waals surface area (Å²) in [5.41, 5.74) is 5.65. The SMILES string of the molecule is Cc1cc(C)n2c(SCC(=O)c3cc(C)n(CCc4ccc(F)cc4)c3C)nnc2n1. The van der Waals surface area contributed by atoms with Crippen LogP contribution in [0.3, 0.4) is 0 Å². The number of fused-ring (bicyclic) bond motifs is 1. The third kappa shape index (κ3) is 4.39. The van der Waals surface area contributed by atoms with Crippen LogP contribution in [0.1, 0.15) is 38.7 Å². The van der Waals surface area contributed by atoms with Crippen molar-refractivity contribution in [2.45, 2.75) is 45.8 Å². The van der Waals surface area contributed by atoms with Crippen molar-refractivity contribution >= 4 is 23.3 Å². The predicted octanol–water partition coefficient (Wildman–Crippen LogP) is 4.52. The van der Waals surface area contributed by atoms with Gasteiger partial charge in [0.25, 0.3) is 5.78 Å². The van der Waals surface area contributed by atoms with Gasteiger partial charge >= 0.3 is 0 Å². The number of nitrogens with zero attached hydrogens (tertiary/aromatic N) is 5. The maximum Gasteiger partial charge on any atom is 0.256 e. The fourth-order valence-corrected chi connectivity index (χ4v) is 4.69. The summed E-state index contributed by atoms with van der Waals surface area (Å²) >= 11 is 1.37. The standard InChI is InChI=1S/C23H24FN5OS/c1-14-11-16(3)29-22(25-14)26-27-23(29)31-13-21(30)20-12-15(2)28(17(20)4)10-9-18-5-7-19(24)8-6-18/h5-8,11-12H,9-10,13H2,1-4H3. The number of Topliss-reactive ketones (excluding diaryl/α,β-unsaturated/α-hetero) is 1. The van der Waals surface area contributed by atoms with Gasteiger partial charge in [-0.15, -0.1) is 10.2 Å². The summed E-state index contributed by atoms with van der Waals surface area (Å²) < 4.78 is 17.1. The molecule has 3 heterocycles. The van der Waals surface area contributed by atoms with Gasteiger partial charge in [-0.05, 0) is 63.9 Å². The number of carbonyl (C=O) groups excluding carboxylic acids is 1. The van der Waals surface area contributed by atoms with E-state index < -0.39 is 0 Å². The summed E-state index contributed by atoms with van der Waals surface area (Å²) in [6, 6.07) is 10.5. The number of benzene rings is 1. The first-order valence-corrected chi connectivity index (χ1v) is 11.1. The quantitative estimate of drug-likeness (QED) is 0.314. The summed E-state index contributed by atoms with van der Waals surface area (Å²) in [7, 11) is 0. The van der Waals surface area contributed by atoms with Crippen LogP contribution < -0.4 is 0 Å². The number of hydrogen-bond donors (Lipinski definition) is 0. The van der Waals surface area contributed by atoms with Crippen LogP contribution in [0.2, 0.25) is 0 Å². The Morgan fingerprint density at radius 3 is 2.52 bits per heavy atom. The third-order valence-corrected chi connectivity index (χ3v) is 6.34. The van der Waals surface area contributed by atoms with E-state index in [1.165, 1.54) is 23.9 Å². The van der Waals surface area contributed by atoms with E-state index in [-0.39, 0.29) is 17.4 Å². The molecule has 3 aromatic heterocycles. The van der Waals surface area contributed by atoms with Gasteiger partial charge < -0.3 is 4.57 Å². The van der Waals surface area contributed by atoms with Gasteiger partial charge in [0.15, 0.2) is 10.9 Å². The summed E-state index contributed by atoms with van der Waals surface area (Å²) in [6.45, 7) is 8.61. The van der Waals surface area contributed by atoms with E-state index in [9.17, 15) is 9.18 Å². The molecule has 160 valence electrons. The Hall–Kier alpha value is -3.00. The van der Waals surface area contributed by atoms with Crippen molar-refractivity contribution in [2.75, 3.05) is 5.75 Å². The fraction of sp³-hybridized carbons (Fsp3) is 0.304. The number of thioether (sulfide) groups is 1. The molecule has 4 rings (SSSR count). The maximum atomic E-state index is 13.1. The minimum atomic E-state index is -0.232. The Bertz CT molecular complexity index is 1260. The molecule has 0 saturated carbocycles. The molecule has 0 aliphatic rings. The maximum absolute atomic E-state index is 13.1. The first-order valence-electron chi connectivity index (χ1n) is 10.1. The van der Waals surface area contributed by atoms with E-state index in [0.29, 0.717) is 10.9 Å². The van der Waals surface area contributed by atoms with Gasteiger partial charge in [-0.3, -0.25) is 9.20 Å². The first kappa shape index (κ1) is 21.2. The highest BCUT2D eigenvalue weighted by molar-refractivity contribution is 7.99. The highest BCUT2D eigenvalue weighted by Gasteiger charge is 2.18. The lowest BCUT2D eigenvalue weighted by atomic mass is 10.1. The number of aromatic nitrogens is 5. The van der Waals surface area contributed by atoms with Crippen molar-refractivity contribution in [3.05, 3.63) is 76.1 Å². The Morgan fingerprint density at radius 1 is 1.03 bits per heavy atom. The molecule has 0 spiro atoms. The van der Waals surface area contributed by atoms with Crippen molar-refractivity contribution in [2.24, 2.45) is 0 Å². The van der Waals surface area contributed by atoms with Crippen LogP contribution in [0, 0.1) is 33.5 Å². The monoisotopic (exact) mass is 437 g/mol. The lowest BCUT2D eigenvalue weighted by Gasteiger charge is -2.10. The second kappa shape index (κ2) is 8.63. The molecule has 0 aliphatic carbocycles. The number of aryl methyl sites for hydroxylation is 4. The van der Waals surface area contributed by atoms with E-state index in [4.69, 9.17) is 0 Å². The van der Waals surface area contributed by atoms with Gasteiger partial charge in [0.05, 0.1) is 5.75 Å². The normalized spacial score (nSPS) is 11.4. The van der Waals surface area contributed by atoms with E-state index in [1.54, 1.807) is 12.1 Å². The summed E-state index contributed by atoms with van der Waals surface area (Å²) in [5, 5.41) is 9.00. The molecule has 0 amide bonds. The topological polar surface area (TPSA) is 65.1 Å². The van der Waals surface area contributed by atoms with E-state index in [2.05, 4.69) is 19.7 Å². The van der Waals surface area contributed by atoms with Crippen molar-refractivity contribution in [3.63, 3.8) is 0 Å². The largest absolute Gasteiger partial charge is 0.348 e. The van der Waals surface area contributed by atoms with Crippen molar-refractivity contribution in [3.8, 4) is 0 Å². The highest BCUT2D eigenvalue weighted by atomic mass is 32.2. The molecule has 0 unspecified atom stereocenters. The Balaban J connectivity index is 1.47. The molecule has 0 radical (unpaired) electrons. The Labute approximate surface area is 184 Å². The lowest BCUT2D eigenvalue weighted by molar-refractivity contribution is 0.102. The fourth-order valence-electron chi connectivity index (χ4n) is 3.82. The Morgan fingerprint density at radius 2 is 1.77 bits per heavy atom. The van der Waals surface area contributed by atoms with Gasteiger partial charge in [0.1, 0.15) is 5.82 Å². The minimum absolute atomic E-state index is 0.0561. The zero-order valence-electron chi connectivity index (χ0n) is 18.0. The molecule has 0 saturated heterocycles. The summed E-state index contributed by atoms with van der Waals surface area (Å²) in [5.74, 6) is 0.646. The van der Waals surface area contributed by atoms with E-state index in [1.807, 2.05) is 44.2 Å². The number of ketones is 1. The van der Waals surface area contributed by atoms with E-state index in [0.717, 1.165) is 46.9 Å². The molecule has 0 N–H and O–H groups in total. The molecule has 1 aromatic carbocycles. The summed E-state index contributed by atoms with van der Waals surface area (Å²) in [6.07, 6.45) is 0.774. The minimum Gasteiger partial charge on any atom is -0.348 e. The average Bonchev–Trinajstić information content (AvgIpc) is 3.26. The van der Waals surface area contributed by atoms with Gasteiger partial charge in [-0.25, -0.2) is 9.37 Å². The van der Waals surface area contributed by atoms with Crippen molar-refractivity contribution < 1.29 is 9.18 Å². The van der Waals surface area contributed by atoms with Crippen LogP contribution in [0.4, 0.5) is 4.39 Å². The number of rotatable bonds is 7. The van der Waals surface area contributed by atoms with Crippen LogP contribution >= 0.6 is 11.8 Å². The van der Waals surface area contributed by atoms with Crippen molar-refractivity contribution in [1.29, 1.82) is 0 Å². The number of carbonyl (C=O) groups is 1. The first-order chi connectivity index (χ1) is 14.8. The van der Waals surface area contributed by atoms with Gasteiger partial charge in [-0.2, -0.15) is 0 Å². The molecule has 0 fully saturated rings. The molecule has 0 bridgehead atoms. The summed E-state index contributed by atoms with van der Waals surface area (Å²) in [4.78, 5) is 17.4. The van der Waals surface area contributed by atoms with Gasteiger partial charge in [0, 0.05) is 34.9 Å². The van der Waals surface area contributed by atoms with Crippen LogP contribution in [0.25, 0.3) is 5.78 Å². The zero-order chi connectivity index (χ0) is 22.1. The number of hydrogen-bond acceptors (Lipinski definition) is 5. The Kier molecular flexibility index (Phi) is 5.91. The van der Waals surface area contributed by atoms with E-state index >= 15 is 0 Å². The molecule has 0 aliphatic heterocycles. The average molecular weight is 438 g/mol. The third-order valence-electron chi connectivity index (χ3n) is 5.41. The van der Waals surface area contributed by atoms with Crippen LogP contribution in [-0.4, -0.2) is 35.7 Å². The molecule has 4 aromatic rings. The van der Waals surface area contributed by atoms with Crippen LogP contribution in [-0.2, 0) is 13.0 Å². The van der Waals surface area contributed by atoms with Gasteiger partial charge in [0.2, 0.25) is 0 Å². The lowest BCUT2D eigenvalue weighted by Crippen LogP contribution is -2.08. The highest BCUT2D eigenvalue weighted by Crippen LogP contribution is 2.23. The molecular weight excluding hydrogens is 413 g/mol. The van der Waals surface area contributed by atoms with Gasteiger partial charge in [-0.1, -0.05) is 23.9 Å². The zero-order valence-corrected chi connectivity index (χ0v) is 18.8. The second-order valence-corrected chi connectivity index (χ2v) is 8.62. The predicted molar refractivity (Wildman–Crippen MR) is 119 cm³/mol. The molecule has 6 nitrogen and oxygen atoms in total.